The number of fused-ring (bicyclic) bond motifs is 2. The van der Waals surface area contributed by atoms with Crippen LogP contribution in [0.3, 0.4) is 0 Å². The molecule has 0 N–H and O–H groups in total. The predicted molar refractivity (Wildman–Crippen MR) is 209 cm³/mol. The van der Waals surface area contributed by atoms with Gasteiger partial charge in [-0.1, -0.05) is 75.2 Å². The first kappa shape index (κ1) is 36.6. The minimum absolute atomic E-state index is 0.0891. The van der Waals surface area contributed by atoms with E-state index < -0.39 is 0 Å². The number of carbonyl (C=O) groups is 2. The Morgan fingerprint density at radius 1 is 0.824 bits per heavy atom. The fourth-order valence-electron chi connectivity index (χ4n) is 8.39. The van der Waals surface area contributed by atoms with Crippen molar-refractivity contribution in [1.82, 2.24) is 19.3 Å². The van der Waals surface area contributed by atoms with Gasteiger partial charge in [-0.2, -0.15) is 0 Å². The topological polar surface area (TPSA) is 48.8 Å². The molecule has 2 amide bonds. The van der Waals surface area contributed by atoms with E-state index in [1.165, 1.54) is 44.8 Å². The van der Waals surface area contributed by atoms with E-state index in [0.29, 0.717) is 26.1 Å². The Kier molecular flexibility index (Phi) is 11.5. The van der Waals surface area contributed by atoms with Crippen molar-refractivity contribution in [3.05, 3.63) is 116 Å². The molecule has 0 fully saturated rings. The van der Waals surface area contributed by atoms with Gasteiger partial charge in [0, 0.05) is 56.1 Å². The Bertz CT molecular complexity index is 1890. The normalized spacial score (nSPS) is 15.6. The molecule has 4 aromatic rings. The van der Waals surface area contributed by atoms with E-state index in [4.69, 9.17) is 0 Å². The SMILES string of the molecule is CCCCc1c(CCCC)c(-c2cc3c(cc2C(=O)N2Cc4ccccc4C[C@H]2C)CN(C(=O)Cc2ccccc2CN(C)C)CC3)n(C)c1C. The zero-order chi connectivity index (χ0) is 36.2. The lowest BCUT2D eigenvalue weighted by atomic mass is 9.87. The molecule has 1 atom stereocenters. The van der Waals surface area contributed by atoms with E-state index in [1.807, 2.05) is 11.0 Å². The number of hydrogen-bond donors (Lipinski definition) is 0. The van der Waals surface area contributed by atoms with Crippen molar-refractivity contribution in [1.29, 1.82) is 0 Å². The lowest BCUT2D eigenvalue weighted by Crippen LogP contribution is -2.43. The number of rotatable bonds is 12. The van der Waals surface area contributed by atoms with Gasteiger partial charge in [-0.15, -0.1) is 0 Å². The molecular weight excluding hydrogens is 629 g/mol. The quantitative estimate of drug-likeness (QED) is 0.150. The second kappa shape index (κ2) is 16.0. The molecular formula is C45H58N4O2. The highest BCUT2D eigenvalue weighted by molar-refractivity contribution is 6.02. The molecule has 3 aromatic carbocycles. The Morgan fingerprint density at radius 2 is 1.49 bits per heavy atom. The second-order valence-electron chi connectivity index (χ2n) is 15.3. The summed E-state index contributed by atoms with van der Waals surface area (Å²) < 4.78 is 2.37. The molecule has 0 spiro atoms. The molecule has 0 saturated heterocycles. The van der Waals surface area contributed by atoms with E-state index in [0.717, 1.165) is 80.2 Å². The first-order chi connectivity index (χ1) is 24.6. The van der Waals surface area contributed by atoms with Gasteiger partial charge in [-0.05, 0) is 123 Å². The highest BCUT2D eigenvalue weighted by Crippen LogP contribution is 2.39. The molecule has 6 rings (SSSR count). The molecule has 1 aromatic heterocycles. The van der Waals surface area contributed by atoms with Gasteiger partial charge in [-0.25, -0.2) is 0 Å². The molecule has 3 heterocycles. The molecule has 6 nitrogen and oxygen atoms in total. The van der Waals surface area contributed by atoms with Crippen LogP contribution in [0.1, 0.15) is 107 Å². The van der Waals surface area contributed by atoms with Gasteiger partial charge in [0.15, 0.2) is 0 Å². The maximum Gasteiger partial charge on any atom is 0.255 e. The number of hydrogen-bond acceptors (Lipinski definition) is 3. The van der Waals surface area contributed by atoms with E-state index in [-0.39, 0.29) is 17.9 Å². The fourth-order valence-corrected chi connectivity index (χ4v) is 8.39. The summed E-state index contributed by atoms with van der Waals surface area (Å²) >= 11 is 0. The minimum Gasteiger partial charge on any atom is -0.347 e. The molecule has 2 aliphatic rings. The molecule has 6 heteroatoms. The highest BCUT2D eigenvalue weighted by Gasteiger charge is 2.33. The van der Waals surface area contributed by atoms with E-state index in [1.54, 1.807) is 0 Å². The third-order valence-corrected chi connectivity index (χ3v) is 11.4. The summed E-state index contributed by atoms with van der Waals surface area (Å²) in [6.45, 7) is 11.6. The third kappa shape index (κ3) is 7.72. The van der Waals surface area contributed by atoms with Crippen LogP contribution in [0.2, 0.25) is 0 Å². The fraction of sp³-hybridized carbons (Fsp3) is 0.467. The largest absolute Gasteiger partial charge is 0.347 e. The monoisotopic (exact) mass is 686 g/mol. The summed E-state index contributed by atoms with van der Waals surface area (Å²) in [5.74, 6) is 0.233. The standard InChI is InChI=1S/C45H58N4O2/c1-8-10-20-39-32(4)47(7)44(40(39)21-11-9-2)41-25-35-22-23-48(43(50)27-34-17-13-14-18-36(34)28-46(5)6)29-38(35)26-42(41)45(51)49-30-37-19-15-12-16-33(37)24-31(49)3/h12-19,25-26,31H,8-11,20-24,27-30H2,1-7H3/t31-/m1/s1. The maximum absolute atomic E-state index is 15.0. The first-order valence-corrected chi connectivity index (χ1v) is 19.3. The molecule has 0 radical (unpaired) electrons. The van der Waals surface area contributed by atoms with Gasteiger partial charge in [-0.3, -0.25) is 9.59 Å². The third-order valence-electron chi connectivity index (χ3n) is 11.4. The molecule has 270 valence electrons. The number of nitrogens with zero attached hydrogens (tertiary/aromatic N) is 4. The first-order valence-electron chi connectivity index (χ1n) is 19.3. The number of unbranched alkanes of at least 4 members (excludes halogenated alkanes) is 2. The average Bonchev–Trinajstić information content (AvgIpc) is 3.36. The van der Waals surface area contributed by atoms with Gasteiger partial charge >= 0.3 is 0 Å². The average molecular weight is 687 g/mol. The predicted octanol–water partition coefficient (Wildman–Crippen LogP) is 8.46. The van der Waals surface area contributed by atoms with Crippen LogP contribution in [-0.2, 0) is 63.6 Å². The van der Waals surface area contributed by atoms with Crippen molar-refractivity contribution < 1.29 is 9.59 Å². The summed E-state index contributed by atoms with van der Waals surface area (Å²) in [6.07, 6.45) is 8.68. The van der Waals surface area contributed by atoms with Crippen LogP contribution in [0.5, 0.6) is 0 Å². The van der Waals surface area contributed by atoms with E-state index in [2.05, 4.69) is 118 Å². The Hall–Kier alpha value is -4.16. The molecule has 0 unspecified atom stereocenters. The zero-order valence-corrected chi connectivity index (χ0v) is 32.1. The Morgan fingerprint density at radius 3 is 2.20 bits per heavy atom. The van der Waals surface area contributed by atoms with E-state index in [9.17, 15) is 4.79 Å². The Balaban J connectivity index is 1.41. The van der Waals surface area contributed by atoms with Gasteiger partial charge in [0.25, 0.3) is 5.91 Å². The lowest BCUT2D eigenvalue weighted by Gasteiger charge is -2.36. The smallest absolute Gasteiger partial charge is 0.255 e. The van der Waals surface area contributed by atoms with Crippen molar-refractivity contribution in [2.45, 2.75) is 111 Å². The summed E-state index contributed by atoms with van der Waals surface area (Å²) in [5.41, 5.74) is 14.4. The van der Waals surface area contributed by atoms with Crippen molar-refractivity contribution in [2.24, 2.45) is 7.05 Å². The summed E-state index contributed by atoms with van der Waals surface area (Å²) in [4.78, 5) is 35.1. The molecule has 0 bridgehead atoms. The van der Waals surface area contributed by atoms with Gasteiger partial charge in [0.1, 0.15) is 0 Å². The summed E-state index contributed by atoms with van der Waals surface area (Å²) in [6, 6.07) is 21.4. The number of aromatic nitrogens is 1. The highest BCUT2D eigenvalue weighted by atomic mass is 16.2. The van der Waals surface area contributed by atoms with Crippen LogP contribution < -0.4 is 0 Å². The van der Waals surface area contributed by atoms with Gasteiger partial charge in [0.2, 0.25) is 5.91 Å². The minimum atomic E-state index is 0.0891. The van der Waals surface area contributed by atoms with Crippen molar-refractivity contribution in [3.63, 3.8) is 0 Å². The molecule has 0 saturated carbocycles. The van der Waals surface area contributed by atoms with Crippen LogP contribution in [-0.4, -0.2) is 57.8 Å². The molecule has 2 aliphatic heterocycles. The second-order valence-corrected chi connectivity index (χ2v) is 15.3. The lowest BCUT2D eigenvalue weighted by molar-refractivity contribution is -0.131. The number of carbonyl (C=O) groups excluding carboxylic acids is 2. The Labute approximate surface area is 306 Å². The number of amides is 2. The summed E-state index contributed by atoms with van der Waals surface area (Å²) in [7, 11) is 6.32. The van der Waals surface area contributed by atoms with Gasteiger partial charge < -0.3 is 19.3 Å². The number of benzene rings is 3. The van der Waals surface area contributed by atoms with Crippen LogP contribution in [0.25, 0.3) is 11.3 Å². The van der Waals surface area contributed by atoms with Crippen LogP contribution in [0.15, 0.2) is 60.7 Å². The van der Waals surface area contributed by atoms with E-state index >= 15 is 4.79 Å². The van der Waals surface area contributed by atoms with Crippen molar-refractivity contribution >= 4 is 11.8 Å². The van der Waals surface area contributed by atoms with Gasteiger partial charge in [0.05, 0.1) is 12.1 Å². The zero-order valence-electron chi connectivity index (χ0n) is 32.1. The van der Waals surface area contributed by atoms with Crippen LogP contribution in [0.4, 0.5) is 0 Å². The van der Waals surface area contributed by atoms with Crippen LogP contribution in [0, 0.1) is 6.92 Å². The molecule has 0 aliphatic carbocycles. The summed E-state index contributed by atoms with van der Waals surface area (Å²) in [5, 5.41) is 0. The molecule has 51 heavy (non-hydrogen) atoms. The van der Waals surface area contributed by atoms with Crippen LogP contribution >= 0.6 is 0 Å². The maximum atomic E-state index is 15.0. The van der Waals surface area contributed by atoms with Crippen molar-refractivity contribution in [3.8, 4) is 11.3 Å². The van der Waals surface area contributed by atoms with Crippen molar-refractivity contribution in [2.75, 3.05) is 20.6 Å².